The maximum atomic E-state index is 12.1. The number of nitrogens with one attached hydrogen (secondary N) is 1. The molecule has 0 aromatic carbocycles. The molecule has 1 aliphatic rings. The Hall–Kier alpha value is -1.34. The van der Waals surface area contributed by atoms with Crippen LogP contribution in [0.25, 0.3) is 0 Å². The van der Waals surface area contributed by atoms with Crippen LogP contribution in [0.2, 0.25) is 0 Å². The fraction of sp³-hybridized carbons (Fsp3) is 0.833. The Morgan fingerprint density at radius 1 is 1.53 bits per heavy atom. The second-order valence-corrected chi connectivity index (χ2v) is 4.57. The average molecular weight is 274 g/mol. The number of carboxylic acids is 1. The molecule has 0 bridgehead atoms. The molecule has 1 fully saturated rings. The van der Waals surface area contributed by atoms with E-state index in [1.165, 1.54) is 4.90 Å². The highest BCUT2D eigenvalue weighted by atomic mass is 16.5. The normalized spacial score (nSPS) is 23.9. The number of ether oxygens (including phenoxy) is 2. The molecule has 0 aromatic rings. The summed E-state index contributed by atoms with van der Waals surface area (Å²) in [4.78, 5) is 24.7. The molecule has 2 amide bonds. The van der Waals surface area contributed by atoms with Crippen LogP contribution in [0.3, 0.4) is 0 Å². The van der Waals surface area contributed by atoms with E-state index in [1.54, 1.807) is 7.11 Å². The first-order chi connectivity index (χ1) is 9.01. The Labute approximate surface area is 112 Å². The highest BCUT2D eigenvalue weighted by Gasteiger charge is 2.39. The maximum Gasteiger partial charge on any atom is 0.317 e. The molecule has 1 heterocycles. The number of hydrogen-bond donors (Lipinski definition) is 2. The number of rotatable bonds is 6. The SMILES string of the molecule is CCN(C(=O)NCC(C)OC)C1COCC1C(=O)O. The topological polar surface area (TPSA) is 88.1 Å². The summed E-state index contributed by atoms with van der Waals surface area (Å²) in [6, 6.07) is -0.700. The van der Waals surface area contributed by atoms with Gasteiger partial charge < -0.3 is 24.8 Å². The largest absolute Gasteiger partial charge is 0.481 e. The highest BCUT2D eigenvalue weighted by Crippen LogP contribution is 2.20. The van der Waals surface area contributed by atoms with Crippen molar-refractivity contribution in [3.63, 3.8) is 0 Å². The van der Waals surface area contributed by atoms with Gasteiger partial charge in [-0.25, -0.2) is 4.79 Å². The van der Waals surface area contributed by atoms with E-state index >= 15 is 0 Å². The summed E-state index contributed by atoms with van der Waals surface area (Å²) in [6.45, 7) is 4.89. The third-order valence-corrected chi connectivity index (χ3v) is 3.31. The number of aliphatic carboxylic acids is 1. The molecular weight excluding hydrogens is 252 g/mol. The van der Waals surface area contributed by atoms with Crippen molar-refractivity contribution in [1.29, 1.82) is 0 Å². The first kappa shape index (κ1) is 15.7. The Kier molecular flexibility index (Phi) is 6.04. The predicted molar refractivity (Wildman–Crippen MR) is 68.0 cm³/mol. The zero-order chi connectivity index (χ0) is 14.4. The van der Waals surface area contributed by atoms with Crippen molar-refractivity contribution in [2.75, 3.05) is 33.4 Å². The van der Waals surface area contributed by atoms with Crippen LogP contribution in [-0.4, -0.2) is 67.6 Å². The van der Waals surface area contributed by atoms with Gasteiger partial charge >= 0.3 is 12.0 Å². The molecule has 3 unspecified atom stereocenters. The van der Waals surface area contributed by atoms with E-state index in [4.69, 9.17) is 14.6 Å². The van der Waals surface area contributed by atoms with Crippen molar-refractivity contribution in [3.05, 3.63) is 0 Å². The molecule has 0 spiro atoms. The minimum atomic E-state index is -0.931. The predicted octanol–water partition coefficient (Wildman–Crippen LogP) is 0.152. The van der Waals surface area contributed by atoms with Gasteiger partial charge in [-0.05, 0) is 13.8 Å². The zero-order valence-corrected chi connectivity index (χ0v) is 11.6. The smallest absolute Gasteiger partial charge is 0.317 e. The number of hydrogen-bond acceptors (Lipinski definition) is 4. The summed E-state index contributed by atoms with van der Waals surface area (Å²) in [5.41, 5.74) is 0. The van der Waals surface area contributed by atoms with Crippen molar-refractivity contribution in [3.8, 4) is 0 Å². The van der Waals surface area contributed by atoms with Crippen LogP contribution in [0.5, 0.6) is 0 Å². The highest BCUT2D eigenvalue weighted by molar-refractivity contribution is 5.77. The molecule has 3 atom stereocenters. The summed E-state index contributed by atoms with van der Waals surface area (Å²) in [6.07, 6.45) is -0.0854. The monoisotopic (exact) mass is 274 g/mol. The first-order valence-electron chi connectivity index (χ1n) is 6.39. The molecule has 7 heteroatoms. The lowest BCUT2D eigenvalue weighted by Crippen LogP contribution is -2.51. The van der Waals surface area contributed by atoms with Crippen molar-refractivity contribution in [1.82, 2.24) is 10.2 Å². The number of carbonyl (C=O) groups is 2. The van der Waals surface area contributed by atoms with Gasteiger partial charge in [0, 0.05) is 20.2 Å². The van der Waals surface area contributed by atoms with Gasteiger partial charge in [0.05, 0.1) is 25.4 Å². The van der Waals surface area contributed by atoms with Gasteiger partial charge in [-0.2, -0.15) is 0 Å². The van der Waals surface area contributed by atoms with E-state index in [9.17, 15) is 9.59 Å². The second kappa shape index (κ2) is 7.30. The number of carbonyl (C=O) groups excluding carboxylic acids is 1. The van der Waals surface area contributed by atoms with Gasteiger partial charge in [0.15, 0.2) is 0 Å². The summed E-state index contributed by atoms with van der Waals surface area (Å²) >= 11 is 0. The first-order valence-corrected chi connectivity index (χ1v) is 6.39. The molecule has 7 nitrogen and oxygen atoms in total. The lowest BCUT2D eigenvalue weighted by molar-refractivity contribution is -0.142. The number of amides is 2. The van der Waals surface area contributed by atoms with Gasteiger partial charge in [-0.15, -0.1) is 0 Å². The average Bonchev–Trinajstić information content (AvgIpc) is 2.86. The summed E-state index contributed by atoms with van der Waals surface area (Å²) in [5, 5.41) is 11.8. The minimum absolute atomic E-state index is 0.0854. The Balaban J connectivity index is 2.61. The van der Waals surface area contributed by atoms with Gasteiger partial charge in [0.2, 0.25) is 0 Å². The molecule has 1 aliphatic heterocycles. The Bertz CT molecular complexity index is 323. The summed E-state index contributed by atoms with van der Waals surface area (Å²) < 4.78 is 10.2. The second-order valence-electron chi connectivity index (χ2n) is 4.57. The molecule has 0 aliphatic carbocycles. The van der Waals surface area contributed by atoms with Crippen LogP contribution in [0, 0.1) is 5.92 Å². The van der Waals surface area contributed by atoms with Crippen LogP contribution >= 0.6 is 0 Å². The fourth-order valence-electron chi connectivity index (χ4n) is 2.03. The minimum Gasteiger partial charge on any atom is -0.481 e. The number of methoxy groups -OCH3 is 1. The molecule has 0 aromatic heterocycles. The van der Waals surface area contributed by atoms with Crippen LogP contribution in [-0.2, 0) is 14.3 Å². The zero-order valence-electron chi connectivity index (χ0n) is 11.6. The van der Waals surface area contributed by atoms with Crippen molar-refractivity contribution in [2.24, 2.45) is 5.92 Å². The molecule has 1 rings (SSSR count). The van der Waals surface area contributed by atoms with Crippen LogP contribution in [0.4, 0.5) is 4.79 Å². The third-order valence-electron chi connectivity index (χ3n) is 3.31. The van der Waals surface area contributed by atoms with Crippen LogP contribution in [0.1, 0.15) is 13.8 Å². The van der Waals surface area contributed by atoms with Crippen LogP contribution in [0.15, 0.2) is 0 Å². The summed E-state index contributed by atoms with van der Waals surface area (Å²) in [7, 11) is 1.57. The lowest BCUT2D eigenvalue weighted by atomic mass is 10.0. The van der Waals surface area contributed by atoms with Gasteiger partial charge in [-0.3, -0.25) is 4.79 Å². The Morgan fingerprint density at radius 2 is 2.21 bits per heavy atom. The fourth-order valence-corrected chi connectivity index (χ4v) is 2.03. The quantitative estimate of drug-likeness (QED) is 0.720. The molecule has 19 heavy (non-hydrogen) atoms. The lowest BCUT2D eigenvalue weighted by Gasteiger charge is -2.29. The number of urea groups is 1. The van der Waals surface area contributed by atoms with Crippen molar-refractivity contribution < 1.29 is 24.2 Å². The molecule has 110 valence electrons. The van der Waals surface area contributed by atoms with E-state index in [0.29, 0.717) is 13.1 Å². The molecule has 1 saturated heterocycles. The van der Waals surface area contributed by atoms with Crippen molar-refractivity contribution in [2.45, 2.75) is 26.0 Å². The molecular formula is C12H22N2O5. The van der Waals surface area contributed by atoms with E-state index in [-0.39, 0.29) is 25.3 Å². The van der Waals surface area contributed by atoms with E-state index in [0.717, 1.165) is 0 Å². The van der Waals surface area contributed by atoms with E-state index < -0.39 is 17.9 Å². The van der Waals surface area contributed by atoms with Crippen molar-refractivity contribution >= 4 is 12.0 Å². The number of nitrogens with zero attached hydrogens (tertiary/aromatic N) is 1. The number of carboxylic acid groups (broad SMARTS) is 1. The maximum absolute atomic E-state index is 12.1. The molecule has 2 N–H and O–H groups in total. The van der Waals surface area contributed by atoms with Crippen LogP contribution < -0.4 is 5.32 Å². The Morgan fingerprint density at radius 3 is 2.74 bits per heavy atom. The molecule has 0 radical (unpaired) electrons. The standard InChI is InChI=1S/C12H22N2O5/c1-4-14(12(17)13-5-8(2)18-3)10-7-19-6-9(10)11(15)16/h8-10H,4-7H2,1-3H3,(H,13,17)(H,15,16). The summed E-state index contributed by atoms with van der Waals surface area (Å²) in [5.74, 6) is -1.59. The molecule has 0 saturated carbocycles. The van der Waals surface area contributed by atoms with Gasteiger partial charge in [0.25, 0.3) is 0 Å². The van der Waals surface area contributed by atoms with E-state index in [1.807, 2.05) is 13.8 Å². The number of likely N-dealkylation sites (N-methyl/N-ethyl adjacent to an activating group) is 1. The van der Waals surface area contributed by atoms with Gasteiger partial charge in [-0.1, -0.05) is 0 Å². The van der Waals surface area contributed by atoms with Gasteiger partial charge in [0.1, 0.15) is 5.92 Å². The third kappa shape index (κ3) is 4.07. The van der Waals surface area contributed by atoms with E-state index in [2.05, 4.69) is 5.32 Å².